The van der Waals surface area contributed by atoms with Crippen LogP contribution in [0.15, 0.2) is 59.5 Å². The Morgan fingerprint density at radius 2 is 1.83 bits per heavy atom. The van der Waals surface area contributed by atoms with Gasteiger partial charge in [0.2, 0.25) is 10.0 Å². The molecule has 1 saturated carbocycles. The predicted molar refractivity (Wildman–Crippen MR) is 109 cm³/mol. The molecule has 0 saturated heterocycles. The molecule has 3 rings (SSSR count). The first-order valence-corrected chi connectivity index (χ1v) is 11.1. The number of hydrogen-bond donors (Lipinski definition) is 0. The molecule has 0 spiro atoms. The maximum atomic E-state index is 13.5. The van der Waals surface area contributed by atoms with Crippen LogP contribution in [0.2, 0.25) is 0 Å². The lowest BCUT2D eigenvalue weighted by Gasteiger charge is -2.42. The monoisotopic (exact) mass is 415 g/mol. The number of sulfonamides is 1. The van der Waals surface area contributed by atoms with E-state index in [1.165, 1.54) is 35.6 Å². The van der Waals surface area contributed by atoms with Crippen LogP contribution in [0.3, 0.4) is 0 Å². The fraction of sp³-hybridized carbons (Fsp3) is 0.364. The van der Waals surface area contributed by atoms with Gasteiger partial charge in [0.1, 0.15) is 5.54 Å². The molecule has 0 radical (unpaired) electrons. The molecule has 1 aliphatic carbocycles. The fourth-order valence-electron chi connectivity index (χ4n) is 3.91. The third-order valence-electron chi connectivity index (χ3n) is 5.45. The van der Waals surface area contributed by atoms with Crippen LogP contribution in [-0.4, -0.2) is 38.1 Å². The van der Waals surface area contributed by atoms with E-state index in [2.05, 4.69) is 0 Å². The minimum absolute atomic E-state index is 0.0424. The summed E-state index contributed by atoms with van der Waals surface area (Å²) in [5.41, 5.74) is -0.430. The van der Waals surface area contributed by atoms with Gasteiger partial charge in [0, 0.05) is 13.5 Å². The van der Waals surface area contributed by atoms with E-state index < -0.39 is 21.5 Å². The van der Waals surface area contributed by atoms with Crippen molar-refractivity contribution >= 4 is 21.8 Å². The van der Waals surface area contributed by atoms with Crippen LogP contribution in [0.25, 0.3) is 0 Å². The number of rotatable bonds is 6. The van der Waals surface area contributed by atoms with Gasteiger partial charge in [-0.25, -0.2) is 13.2 Å². The summed E-state index contributed by atoms with van der Waals surface area (Å²) >= 11 is 0. The Bertz CT molecular complexity index is 1000. The number of hydrogen-bond acceptors (Lipinski definition) is 5. The molecule has 0 N–H and O–H groups in total. The lowest BCUT2D eigenvalue weighted by molar-refractivity contribution is -0.131. The van der Waals surface area contributed by atoms with E-state index in [1.807, 2.05) is 6.07 Å². The second-order valence-electron chi connectivity index (χ2n) is 7.08. The van der Waals surface area contributed by atoms with Gasteiger partial charge in [-0.15, -0.1) is 0 Å². The van der Waals surface area contributed by atoms with Crippen molar-refractivity contribution in [1.29, 1.82) is 0 Å². The molecule has 6 nitrogen and oxygen atoms in total. The van der Waals surface area contributed by atoms with Gasteiger partial charge in [0.05, 0.1) is 17.1 Å². The van der Waals surface area contributed by atoms with E-state index in [-0.39, 0.29) is 22.8 Å². The zero-order chi connectivity index (χ0) is 21.1. The number of carbonyl (C=O) groups is 2. The highest BCUT2D eigenvalue weighted by Gasteiger charge is 2.49. The van der Waals surface area contributed by atoms with Crippen molar-refractivity contribution in [3.05, 3.63) is 65.7 Å². The Morgan fingerprint density at radius 1 is 1.10 bits per heavy atom. The van der Waals surface area contributed by atoms with Crippen LogP contribution in [0, 0.1) is 0 Å². The van der Waals surface area contributed by atoms with E-state index in [0.29, 0.717) is 18.4 Å². The summed E-state index contributed by atoms with van der Waals surface area (Å²) in [6.07, 6.45) is 2.25. The first-order valence-electron chi connectivity index (χ1n) is 9.69. The Morgan fingerprint density at radius 3 is 2.48 bits per heavy atom. The van der Waals surface area contributed by atoms with Crippen LogP contribution in [0.5, 0.6) is 0 Å². The number of esters is 1. The van der Waals surface area contributed by atoms with Gasteiger partial charge >= 0.3 is 5.97 Å². The van der Waals surface area contributed by atoms with Crippen molar-refractivity contribution in [2.45, 2.75) is 43.0 Å². The first-order chi connectivity index (χ1) is 13.8. The summed E-state index contributed by atoms with van der Waals surface area (Å²) in [5.74, 6) is -0.693. The Hall–Kier alpha value is -2.51. The maximum absolute atomic E-state index is 13.5. The van der Waals surface area contributed by atoms with Gasteiger partial charge in [-0.1, -0.05) is 42.8 Å². The Labute approximate surface area is 171 Å². The molecule has 29 heavy (non-hydrogen) atoms. The molecule has 2 aromatic rings. The summed E-state index contributed by atoms with van der Waals surface area (Å²) < 4.78 is 33.2. The average molecular weight is 416 g/mol. The summed E-state index contributed by atoms with van der Waals surface area (Å²) in [5, 5.41) is 0. The number of nitrogens with zero attached hydrogens (tertiary/aromatic N) is 1. The van der Waals surface area contributed by atoms with Gasteiger partial charge in [-0.3, -0.25) is 4.79 Å². The SMILES string of the molecule is CCOC(=O)c1cccc(S(=O)(=O)N(C)[C@@]2(c3ccccc3)CCCCC2=O)c1. The number of ether oxygens (including phenoxy) is 1. The number of carbonyl (C=O) groups excluding carboxylic acids is 2. The van der Waals surface area contributed by atoms with Gasteiger partial charge in [-0.05, 0) is 43.5 Å². The number of ketones is 1. The van der Waals surface area contributed by atoms with Crippen molar-refractivity contribution in [3.8, 4) is 0 Å². The minimum atomic E-state index is -4.04. The average Bonchev–Trinajstić information content (AvgIpc) is 2.74. The quantitative estimate of drug-likeness (QED) is 0.675. The van der Waals surface area contributed by atoms with E-state index in [4.69, 9.17) is 4.74 Å². The van der Waals surface area contributed by atoms with Crippen molar-refractivity contribution in [3.63, 3.8) is 0 Å². The molecule has 0 bridgehead atoms. The highest BCUT2D eigenvalue weighted by atomic mass is 32.2. The van der Waals surface area contributed by atoms with E-state index in [0.717, 1.165) is 12.8 Å². The molecule has 1 fully saturated rings. The van der Waals surface area contributed by atoms with E-state index in [1.54, 1.807) is 31.2 Å². The van der Waals surface area contributed by atoms with Gasteiger partial charge in [0.15, 0.2) is 5.78 Å². The minimum Gasteiger partial charge on any atom is -0.462 e. The van der Waals surface area contributed by atoms with Crippen LogP contribution in [-0.2, 0) is 25.1 Å². The standard InChI is InChI=1S/C22H25NO5S/c1-3-28-21(25)17-10-9-13-19(16-17)29(26,27)23(2)22(15-8-7-14-20(22)24)18-11-5-4-6-12-18/h4-6,9-13,16H,3,7-8,14-15H2,1-2H3/t22-/m1/s1. The molecule has 1 atom stereocenters. The normalized spacial score (nSPS) is 19.9. The van der Waals surface area contributed by atoms with E-state index in [9.17, 15) is 18.0 Å². The Balaban J connectivity index is 2.08. The summed E-state index contributed by atoms with van der Waals surface area (Å²) in [4.78, 5) is 25.1. The van der Waals surface area contributed by atoms with Gasteiger partial charge in [0.25, 0.3) is 0 Å². The van der Waals surface area contributed by atoms with Crippen molar-refractivity contribution in [2.24, 2.45) is 0 Å². The zero-order valence-corrected chi connectivity index (χ0v) is 17.4. The summed E-state index contributed by atoms with van der Waals surface area (Å²) in [6.45, 7) is 1.88. The topological polar surface area (TPSA) is 80.8 Å². The lowest BCUT2D eigenvalue weighted by atomic mass is 9.75. The number of Topliss-reactive ketones (excluding diaryl/α,β-unsaturated/α-hetero) is 1. The van der Waals surface area contributed by atoms with Crippen LogP contribution in [0.1, 0.15) is 48.5 Å². The van der Waals surface area contributed by atoms with Crippen LogP contribution < -0.4 is 0 Å². The molecule has 0 aliphatic heterocycles. The predicted octanol–water partition coefficient (Wildman–Crippen LogP) is 3.52. The molecular weight excluding hydrogens is 390 g/mol. The Kier molecular flexibility index (Phi) is 6.19. The second kappa shape index (κ2) is 8.47. The number of likely N-dealkylation sites (N-methyl/N-ethyl adjacent to an activating group) is 1. The molecule has 2 aromatic carbocycles. The molecule has 0 heterocycles. The molecular formula is C22H25NO5S. The maximum Gasteiger partial charge on any atom is 0.338 e. The molecule has 0 unspecified atom stereocenters. The van der Waals surface area contributed by atoms with Gasteiger partial charge < -0.3 is 4.74 Å². The largest absolute Gasteiger partial charge is 0.462 e. The molecule has 154 valence electrons. The van der Waals surface area contributed by atoms with Crippen LogP contribution in [0.4, 0.5) is 0 Å². The third-order valence-corrected chi connectivity index (χ3v) is 7.33. The number of benzene rings is 2. The van der Waals surface area contributed by atoms with Crippen molar-refractivity contribution in [1.82, 2.24) is 4.31 Å². The molecule has 1 aliphatic rings. The third kappa shape index (κ3) is 3.84. The van der Waals surface area contributed by atoms with Crippen molar-refractivity contribution in [2.75, 3.05) is 13.7 Å². The fourth-order valence-corrected chi connectivity index (χ4v) is 5.46. The van der Waals surface area contributed by atoms with Crippen molar-refractivity contribution < 1.29 is 22.7 Å². The first kappa shape index (κ1) is 21.2. The molecule has 0 aromatic heterocycles. The lowest BCUT2D eigenvalue weighted by Crippen LogP contribution is -2.54. The van der Waals surface area contributed by atoms with Crippen LogP contribution >= 0.6 is 0 Å². The zero-order valence-electron chi connectivity index (χ0n) is 16.6. The van der Waals surface area contributed by atoms with E-state index >= 15 is 0 Å². The highest BCUT2D eigenvalue weighted by Crippen LogP contribution is 2.41. The molecule has 0 amide bonds. The molecule has 7 heteroatoms. The second-order valence-corrected chi connectivity index (χ2v) is 9.05. The smallest absolute Gasteiger partial charge is 0.338 e. The summed E-state index contributed by atoms with van der Waals surface area (Å²) in [7, 11) is -2.60. The summed E-state index contributed by atoms with van der Waals surface area (Å²) in [6, 6.07) is 14.8. The highest BCUT2D eigenvalue weighted by molar-refractivity contribution is 7.89. The van der Waals surface area contributed by atoms with Gasteiger partial charge in [-0.2, -0.15) is 4.31 Å².